The molecule has 7 nitrogen and oxygen atoms in total. The van der Waals surface area contributed by atoms with Gasteiger partial charge in [0.25, 0.3) is 0 Å². The first kappa shape index (κ1) is 18.8. The lowest BCUT2D eigenvalue weighted by atomic mass is 9.85. The minimum absolute atomic E-state index is 0.0186. The van der Waals surface area contributed by atoms with Crippen LogP contribution in [0.2, 0.25) is 0 Å². The van der Waals surface area contributed by atoms with Gasteiger partial charge in [-0.2, -0.15) is 0 Å². The van der Waals surface area contributed by atoms with E-state index in [4.69, 9.17) is 4.74 Å². The minimum Gasteiger partial charge on any atom is -0.465 e. The molecule has 0 saturated carbocycles. The van der Waals surface area contributed by atoms with Crippen molar-refractivity contribution in [2.24, 2.45) is 11.8 Å². The first-order valence-corrected chi connectivity index (χ1v) is 8.80. The number of rotatable bonds is 5. The summed E-state index contributed by atoms with van der Waals surface area (Å²) >= 11 is 0. The van der Waals surface area contributed by atoms with Crippen LogP contribution in [0.4, 0.5) is 0 Å². The average molecular weight is 371 g/mol. The molecule has 2 amide bonds. The summed E-state index contributed by atoms with van der Waals surface area (Å²) in [5.41, 5.74) is 1.07. The van der Waals surface area contributed by atoms with E-state index >= 15 is 0 Å². The van der Waals surface area contributed by atoms with Crippen LogP contribution in [0.1, 0.15) is 35.7 Å². The van der Waals surface area contributed by atoms with Gasteiger partial charge in [0, 0.05) is 0 Å². The first-order chi connectivity index (χ1) is 12.9. The van der Waals surface area contributed by atoms with Crippen LogP contribution < -0.4 is 0 Å². The molecule has 0 aromatic heterocycles. The monoisotopic (exact) mass is 371 g/mol. The highest BCUT2D eigenvalue weighted by atomic mass is 16.5. The molecule has 0 bridgehead atoms. The predicted octanol–water partition coefficient (Wildman–Crippen LogP) is 1.86. The largest absolute Gasteiger partial charge is 0.465 e. The fraction of sp³-hybridized carbons (Fsp3) is 0.400. The van der Waals surface area contributed by atoms with E-state index in [1.165, 1.54) is 14.0 Å². The summed E-state index contributed by atoms with van der Waals surface area (Å²) in [7, 11) is 1.30. The number of ether oxygens (including phenoxy) is 2. The van der Waals surface area contributed by atoms with Crippen LogP contribution in [0.15, 0.2) is 36.4 Å². The molecule has 0 spiro atoms. The number of methoxy groups -OCH3 is 1. The molecule has 1 aromatic carbocycles. The Hall–Kier alpha value is -2.96. The molecule has 1 aliphatic carbocycles. The second-order valence-electron chi connectivity index (χ2n) is 6.67. The second-order valence-corrected chi connectivity index (χ2v) is 6.67. The molecule has 7 heteroatoms. The van der Waals surface area contributed by atoms with E-state index < -0.39 is 18.0 Å². The number of likely N-dealkylation sites (tertiary alicyclic amines) is 1. The van der Waals surface area contributed by atoms with Gasteiger partial charge in [-0.25, -0.2) is 9.59 Å². The third-order valence-corrected chi connectivity index (χ3v) is 5.03. The van der Waals surface area contributed by atoms with E-state index in [1.54, 1.807) is 24.3 Å². The molecule has 1 aliphatic heterocycles. The van der Waals surface area contributed by atoms with Crippen LogP contribution in [0.25, 0.3) is 0 Å². The van der Waals surface area contributed by atoms with Crippen molar-refractivity contribution in [3.63, 3.8) is 0 Å². The second kappa shape index (κ2) is 7.73. The van der Waals surface area contributed by atoms with Gasteiger partial charge in [0.05, 0.1) is 24.5 Å². The Balaban J connectivity index is 1.60. The van der Waals surface area contributed by atoms with Crippen molar-refractivity contribution >= 4 is 23.8 Å². The molecule has 1 heterocycles. The quantitative estimate of drug-likeness (QED) is 0.446. The van der Waals surface area contributed by atoms with Crippen LogP contribution in [-0.4, -0.2) is 41.8 Å². The number of esters is 2. The van der Waals surface area contributed by atoms with Crippen LogP contribution in [0, 0.1) is 11.8 Å². The van der Waals surface area contributed by atoms with E-state index in [-0.39, 0.29) is 30.3 Å². The number of amides is 2. The first-order valence-electron chi connectivity index (χ1n) is 8.80. The minimum atomic E-state index is -0.968. The lowest BCUT2D eigenvalue weighted by Gasteiger charge is -2.21. The van der Waals surface area contributed by atoms with Gasteiger partial charge in [0.15, 0.2) is 0 Å². The molecule has 27 heavy (non-hydrogen) atoms. The van der Waals surface area contributed by atoms with Gasteiger partial charge in [-0.15, -0.1) is 0 Å². The summed E-state index contributed by atoms with van der Waals surface area (Å²) in [6, 6.07) is 5.48. The molecule has 3 rings (SSSR count). The summed E-state index contributed by atoms with van der Waals surface area (Å²) in [5, 5.41) is 0. The molecule has 0 unspecified atom stereocenters. The molecule has 0 radical (unpaired) electrons. The third-order valence-electron chi connectivity index (χ3n) is 5.03. The number of hydrogen-bond acceptors (Lipinski definition) is 6. The number of imide groups is 1. The highest BCUT2D eigenvalue weighted by Crippen LogP contribution is 2.36. The number of carbonyl (C=O) groups is 4. The van der Waals surface area contributed by atoms with Crippen LogP contribution >= 0.6 is 0 Å². The fourth-order valence-corrected chi connectivity index (χ4v) is 3.44. The number of nitrogens with zero attached hydrogens (tertiary/aromatic N) is 1. The Bertz CT molecular complexity index is 771. The number of allylic oxidation sites excluding steroid dienone is 2. The van der Waals surface area contributed by atoms with Crippen molar-refractivity contribution in [2.45, 2.75) is 32.4 Å². The van der Waals surface area contributed by atoms with Crippen LogP contribution in [0.3, 0.4) is 0 Å². The van der Waals surface area contributed by atoms with Gasteiger partial charge >= 0.3 is 11.9 Å². The summed E-state index contributed by atoms with van der Waals surface area (Å²) < 4.78 is 9.89. The fourth-order valence-electron chi connectivity index (χ4n) is 3.44. The zero-order valence-corrected chi connectivity index (χ0v) is 15.2. The lowest BCUT2D eigenvalue weighted by Crippen LogP contribution is -2.44. The van der Waals surface area contributed by atoms with Crippen molar-refractivity contribution in [3.05, 3.63) is 47.5 Å². The maximum atomic E-state index is 12.5. The zero-order chi connectivity index (χ0) is 19.6. The summed E-state index contributed by atoms with van der Waals surface area (Å²) in [6.45, 7) is 1.48. The molecule has 1 aromatic rings. The van der Waals surface area contributed by atoms with Gasteiger partial charge in [-0.05, 0) is 37.5 Å². The van der Waals surface area contributed by atoms with Crippen molar-refractivity contribution in [1.82, 2.24) is 4.90 Å². The molecular weight excluding hydrogens is 350 g/mol. The summed E-state index contributed by atoms with van der Waals surface area (Å²) in [5.74, 6) is -2.44. The van der Waals surface area contributed by atoms with Crippen molar-refractivity contribution in [3.8, 4) is 0 Å². The van der Waals surface area contributed by atoms with Crippen LogP contribution in [-0.2, 0) is 30.5 Å². The van der Waals surface area contributed by atoms with Gasteiger partial charge < -0.3 is 9.47 Å². The van der Waals surface area contributed by atoms with Crippen molar-refractivity contribution < 1.29 is 28.7 Å². The molecule has 2 aliphatic rings. The van der Waals surface area contributed by atoms with Gasteiger partial charge in [-0.1, -0.05) is 24.3 Å². The number of fused-ring (bicyclic) bond motifs is 1. The SMILES string of the molecule is COC(=O)c1ccc(COC(=O)[C@H](C)N2C(=O)[C@H]3CC=CC[C@H]3C2=O)cc1. The van der Waals surface area contributed by atoms with E-state index in [0.717, 1.165) is 4.90 Å². The van der Waals surface area contributed by atoms with Crippen molar-refractivity contribution in [2.75, 3.05) is 7.11 Å². The van der Waals surface area contributed by atoms with E-state index in [9.17, 15) is 19.2 Å². The molecule has 1 fully saturated rings. The van der Waals surface area contributed by atoms with Crippen LogP contribution in [0.5, 0.6) is 0 Å². The lowest BCUT2D eigenvalue weighted by molar-refractivity contribution is -0.159. The summed E-state index contributed by atoms with van der Waals surface area (Å²) in [4.78, 5) is 49.9. The average Bonchev–Trinajstić information content (AvgIpc) is 2.96. The topological polar surface area (TPSA) is 90.0 Å². The Kier molecular flexibility index (Phi) is 5.39. The highest BCUT2D eigenvalue weighted by Gasteiger charge is 2.50. The zero-order valence-electron chi connectivity index (χ0n) is 15.2. The Morgan fingerprint density at radius 3 is 2.15 bits per heavy atom. The van der Waals surface area contributed by atoms with Crippen molar-refractivity contribution in [1.29, 1.82) is 0 Å². The number of carbonyl (C=O) groups excluding carboxylic acids is 4. The normalized spacial score (nSPS) is 22.4. The number of benzene rings is 1. The molecule has 142 valence electrons. The van der Waals surface area contributed by atoms with E-state index in [0.29, 0.717) is 24.0 Å². The number of hydrogen-bond donors (Lipinski definition) is 0. The van der Waals surface area contributed by atoms with Gasteiger partial charge in [0.1, 0.15) is 12.6 Å². The molecule has 0 N–H and O–H groups in total. The smallest absolute Gasteiger partial charge is 0.337 e. The molecular formula is C20H21NO6. The third kappa shape index (κ3) is 3.63. The van der Waals surface area contributed by atoms with Gasteiger partial charge in [-0.3, -0.25) is 14.5 Å². The molecule has 3 atom stereocenters. The Morgan fingerprint density at radius 1 is 1.07 bits per heavy atom. The maximum absolute atomic E-state index is 12.5. The van der Waals surface area contributed by atoms with E-state index in [1.807, 2.05) is 12.2 Å². The summed E-state index contributed by atoms with van der Waals surface area (Å²) in [6.07, 6.45) is 4.85. The van der Waals surface area contributed by atoms with Gasteiger partial charge in [0.2, 0.25) is 11.8 Å². The van der Waals surface area contributed by atoms with E-state index in [2.05, 4.69) is 4.74 Å². The maximum Gasteiger partial charge on any atom is 0.337 e. The highest BCUT2D eigenvalue weighted by molar-refractivity contribution is 6.08. The standard InChI is InChI=1S/C20H21NO6/c1-12(21-17(22)15-5-3-4-6-16(15)18(21)23)19(24)27-11-13-7-9-14(10-8-13)20(25)26-2/h3-4,7-10,12,15-16H,5-6,11H2,1-2H3/t12-,15-,16+/m0/s1. The Labute approximate surface area is 156 Å². The Morgan fingerprint density at radius 2 is 1.63 bits per heavy atom. The predicted molar refractivity (Wildman–Crippen MR) is 94.2 cm³/mol. The molecule has 1 saturated heterocycles.